The van der Waals surface area contributed by atoms with Crippen molar-refractivity contribution in [1.29, 1.82) is 0 Å². The van der Waals surface area contributed by atoms with Gasteiger partial charge >= 0.3 is 0 Å². The SMILES string of the molecule is COCCC(=O)N1CCNC(=O)c2cccc(c2)Cc2cc(-c3ccncc3)ccc2OCC1. The quantitative estimate of drug-likeness (QED) is 0.647. The maximum atomic E-state index is 12.7. The molecule has 0 atom stereocenters. The molecule has 2 bridgehead atoms. The van der Waals surface area contributed by atoms with E-state index in [2.05, 4.69) is 16.4 Å². The molecule has 1 aromatic heterocycles. The van der Waals surface area contributed by atoms with Crippen molar-refractivity contribution in [3.05, 3.63) is 83.7 Å². The topological polar surface area (TPSA) is 80.8 Å². The molecule has 7 heteroatoms. The van der Waals surface area contributed by atoms with Crippen LogP contribution in [0.15, 0.2) is 67.0 Å². The first kappa shape index (κ1) is 23.4. The van der Waals surface area contributed by atoms with Gasteiger partial charge in [0, 0.05) is 44.6 Å². The Labute approximate surface area is 199 Å². The van der Waals surface area contributed by atoms with Crippen LogP contribution < -0.4 is 10.1 Å². The predicted octanol–water partition coefficient (Wildman–Crippen LogP) is 3.33. The smallest absolute Gasteiger partial charge is 0.251 e. The number of methoxy groups -OCH3 is 1. The van der Waals surface area contributed by atoms with Crippen LogP contribution in [0.3, 0.4) is 0 Å². The number of nitrogens with one attached hydrogen (secondary N) is 1. The number of aromatic nitrogens is 1. The van der Waals surface area contributed by atoms with Crippen LogP contribution in [0.1, 0.15) is 27.9 Å². The molecule has 0 unspecified atom stereocenters. The van der Waals surface area contributed by atoms with E-state index in [4.69, 9.17) is 9.47 Å². The molecule has 2 amide bonds. The number of ether oxygens (including phenoxy) is 2. The Bertz CT molecular complexity index is 1130. The van der Waals surface area contributed by atoms with Crippen molar-refractivity contribution in [3.63, 3.8) is 0 Å². The van der Waals surface area contributed by atoms with E-state index in [0.717, 1.165) is 28.0 Å². The summed E-state index contributed by atoms with van der Waals surface area (Å²) in [4.78, 5) is 31.2. The molecule has 34 heavy (non-hydrogen) atoms. The van der Waals surface area contributed by atoms with Crippen LogP contribution in [-0.4, -0.2) is 61.7 Å². The number of hydrogen-bond acceptors (Lipinski definition) is 5. The summed E-state index contributed by atoms with van der Waals surface area (Å²) in [5.41, 5.74) is 4.77. The summed E-state index contributed by atoms with van der Waals surface area (Å²) in [7, 11) is 1.57. The van der Waals surface area contributed by atoms with Crippen molar-refractivity contribution < 1.29 is 19.1 Å². The number of carbonyl (C=O) groups is 2. The van der Waals surface area contributed by atoms with E-state index in [0.29, 0.717) is 51.3 Å². The number of nitrogens with zero attached hydrogens (tertiary/aromatic N) is 2. The standard InChI is InChI=1S/C27H29N3O4/c1-33-15-9-26(31)30-13-12-29-27(32)23-4-2-3-20(17-23)18-24-19-22(21-7-10-28-11-8-21)5-6-25(24)34-16-14-30/h2-8,10-11,17,19H,9,12-16,18H2,1H3,(H,29,32). The lowest BCUT2D eigenvalue weighted by molar-refractivity contribution is -0.132. The van der Waals surface area contributed by atoms with Gasteiger partial charge in [-0.15, -0.1) is 0 Å². The first-order valence-corrected chi connectivity index (χ1v) is 11.4. The number of benzene rings is 2. The van der Waals surface area contributed by atoms with Gasteiger partial charge in [0.15, 0.2) is 0 Å². The Balaban J connectivity index is 1.65. The lowest BCUT2D eigenvalue weighted by Crippen LogP contribution is -2.41. The summed E-state index contributed by atoms with van der Waals surface area (Å²) in [5.74, 6) is 0.598. The second-order valence-electron chi connectivity index (χ2n) is 8.16. The van der Waals surface area contributed by atoms with Gasteiger partial charge in [-0.25, -0.2) is 0 Å². The molecule has 7 nitrogen and oxygen atoms in total. The Morgan fingerprint density at radius 3 is 2.74 bits per heavy atom. The number of carbonyl (C=O) groups excluding carboxylic acids is 2. The number of rotatable bonds is 4. The van der Waals surface area contributed by atoms with Crippen LogP contribution in [0.5, 0.6) is 5.75 Å². The van der Waals surface area contributed by atoms with Crippen molar-refractivity contribution in [3.8, 4) is 16.9 Å². The highest BCUT2D eigenvalue weighted by Crippen LogP contribution is 2.29. The lowest BCUT2D eigenvalue weighted by Gasteiger charge is -2.24. The van der Waals surface area contributed by atoms with Crippen molar-refractivity contribution in [2.75, 3.05) is 40.0 Å². The third kappa shape index (κ3) is 5.99. The van der Waals surface area contributed by atoms with Crippen LogP contribution in [0.4, 0.5) is 0 Å². The van der Waals surface area contributed by atoms with Crippen LogP contribution in [0.2, 0.25) is 0 Å². The third-order valence-electron chi connectivity index (χ3n) is 5.82. The second kappa shape index (κ2) is 11.4. The molecule has 2 heterocycles. The van der Waals surface area contributed by atoms with E-state index in [9.17, 15) is 9.59 Å². The van der Waals surface area contributed by atoms with E-state index in [1.807, 2.05) is 42.5 Å². The first-order chi connectivity index (χ1) is 16.6. The van der Waals surface area contributed by atoms with Crippen LogP contribution in [0, 0.1) is 0 Å². The Morgan fingerprint density at radius 2 is 1.91 bits per heavy atom. The van der Waals surface area contributed by atoms with Gasteiger partial charge in [0.1, 0.15) is 12.4 Å². The van der Waals surface area contributed by atoms with Crippen molar-refractivity contribution in [2.45, 2.75) is 12.8 Å². The summed E-state index contributed by atoms with van der Waals surface area (Å²) in [6, 6.07) is 17.7. The van der Waals surface area contributed by atoms with Gasteiger partial charge in [-0.1, -0.05) is 18.2 Å². The molecule has 4 rings (SSSR count). The monoisotopic (exact) mass is 459 g/mol. The van der Waals surface area contributed by atoms with Crippen LogP contribution in [0.25, 0.3) is 11.1 Å². The predicted molar refractivity (Wildman–Crippen MR) is 130 cm³/mol. The summed E-state index contributed by atoms with van der Waals surface area (Å²) in [5, 5.41) is 2.93. The van der Waals surface area contributed by atoms with Crippen molar-refractivity contribution in [2.24, 2.45) is 0 Å². The Morgan fingerprint density at radius 1 is 1.06 bits per heavy atom. The molecule has 0 saturated heterocycles. The fourth-order valence-corrected chi connectivity index (χ4v) is 4.01. The molecule has 0 fully saturated rings. The Hall–Kier alpha value is -3.71. The Kier molecular flexibility index (Phi) is 7.88. The fourth-order valence-electron chi connectivity index (χ4n) is 4.01. The minimum atomic E-state index is -0.148. The van der Waals surface area contributed by atoms with E-state index in [1.165, 1.54) is 0 Å². The molecule has 176 valence electrons. The van der Waals surface area contributed by atoms with Crippen LogP contribution in [-0.2, 0) is 16.0 Å². The minimum absolute atomic E-state index is 0.0259. The number of fused-ring (bicyclic) bond motifs is 3. The molecular formula is C27H29N3O4. The number of hydrogen-bond donors (Lipinski definition) is 1. The molecule has 0 saturated carbocycles. The van der Waals surface area contributed by atoms with Gasteiger partial charge in [-0.05, 0) is 58.7 Å². The highest BCUT2D eigenvalue weighted by atomic mass is 16.5. The number of pyridine rings is 1. The summed E-state index contributed by atoms with van der Waals surface area (Å²) < 4.78 is 11.2. The van der Waals surface area contributed by atoms with Gasteiger partial charge in [0.25, 0.3) is 5.91 Å². The molecule has 0 aliphatic carbocycles. The minimum Gasteiger partial charge on any atom is -0.491 e. The van der Waals surface area contributed by atoms with Gasteiger partial charge in [0.05, 0.1) is 19.6 Å². The summed E-state index contributed by atoms with van der Waals surface area (Å²) in [6.45, 7) is 1.92. The van der Waals surface area contributed by atoms with Gasteiger partial charge in [-0.2, -0.15) is 0 Å². The zero-order valence-electron chi connectivity index (χ0n) is 19.3. The van der Waals surface area contributed by atoms with E-state index >= 15 is 0 Å². The maximum absolute atomic E-state index is 12.7. The molecule has 1 aliphatic heterocycles. The van der Waals surface area contributed by atoms with Crippen molar-refractivity contribution >= 4 is 11.8 Å². The molecule has 1 N–H and O–H groups in total. The molecule has 0 spiro atoms. The molecular weight excluding hydrogens is 430 g/mol. The average molecular weight is 460 g/mol. The van der Waals surface area contributed by atoms with Crippen LogP contribution >= 0.6 is 0 Å². The average Bonchev–Trinajstić information content (AvgIpc) is 2.87. The molecule has 1 aliphatic rings. The molecule has 3 aromatic rings. The fraction of sp³-hybridized carbons (Fsp3) is 0.296. The highest BCUT2D eigenvalue weighted by Gasteiger charge is 2.16. The first-order valence-electron chi connectivity index (χ1n) is 11.4. The molecule has 2 aromatic carbocycles. The second-order valence-corrected chi connectivity index (χ2v) is 8.16. The largest absolute Gasteiger partial charge is 0.491 e. The zero-order chi connectivity index (χ0) is 23.8. The van der Waals surface area contributed by atoms with E-state index < -0.39 is 0 Å². The van der Waals surface area contributed by atoms with Crippen molar-refractivity contribution in [1.82, 2.24) is 15.2 Å². The van der Waals surface area contributed by atoms with Gasteiger partial charge < -0.3 is 19.7 Å². The lowest BCUT2D eigenvalue weighted by atomic mass is 9.97. The summed E-state index contributed by atoms with van der Waals surface area (Å²) >= 11 is 0. The third-order valence-corrected chi connectivity index (χ3v) is 5.82. The van der Waals surface area contributed by atoms with E-state index in [-0.39, 0.29) is 11.8 Å². The highest BCUT2D eigenvalue weighted by molar-refractivity contribution is 5.94. The normalized spacial score (nSPS) is 14.4. The van der Waals surface area contributed by atoms with E-state index in [1.54, 1.807) is 30.5 Å². The molecule has 0 radical (unpaired) electrons. The number of amides is 2. The van der Waals surface area contributed by atoms with Gasteiger partial charge in [0.2, 0.25) is 5.91 Å². The van der Waals surface area contributed by atoms with Gasteiger partial charge in [-0.3, -0.25) is 14.6 Å². The maximum Gasteiger partial charge on any atom is 0.251 e. The summed E-state index contributed by atoms with van der Waals surface area (Å²) in [6.07, 6.45) is 4.45. The zero-order valence-corrected chi connectivity index (χ0v) is 19.3.